The highest BCUT2D eigenvalue weighted by atomic mass is 32.2. The highest BCUT2D eigenvalue weighted by Crippen LogP contribution is 2.28. The Bertz CT molecular complexity index is 822. The number of rotatable bonds is 4. The summed E-state index contributed by atoms with van der Waals surface area (Å²) in [5.41, 5.74) is 0.605. The number of carbonyl (C=O) groups excluding carboxylic acids is 1. The molecule has 5 nitrogen and oxygen atoms in total. The third-order valence-electron chi connectivity index (χ3n) is 3.24. The molecule has 0 atom stereocenters. The van der Waals surface area contributed by atoms with Gasteiger partial charge in [0.2, 0.25) is 0 Å². The van der Waals surface area contributed by atoms with Gasteiger partial charge in [-0.25, -0.2) is 8.42 Å². The van der Waals surface area contributed by atoms with Crippen LogP contribution >= 0.6 is 11.3 Å². The summed E-state index contributed by atoms with van der Waals surface area (Å²) in [5.74, 6) is -0.593. The van der Waals surface area contributed by atoms with Crippen molar-refractivity contribution in [2.75, 3.05) is 11.1 Å². The van der Waals surface area contributed by atoms with E-state index in [1.54, 1.807) is 6.07 Å². The molecule has 0 saturated carbocycles. The zero-order valence-electron chi connectivity index (χ0n) is 12.5. The van der Waals surface area contributed by atoms with Gasteiger partial charge in [-0.1, -0.05) is 6.92 Å². The van der Waals surface area contributed by atoms with Crippen molar-refractivity contribution in [3.8, 4) is 5.75 Å². The van der Waals surface area contributed by atoms with Gasteiger partial charge in [-0.2, -0.15) is 0 Å². The number of aromatic hydroxyl groups is 1. The van der Waals surface area contributed by atoms with E-state index in [0.29, 0.717) is 5.56 Å². The van der Waals surface area contributed by atoms with Gasteiger partial charge in [0.25, 0.3) is 5.91 Å². The highest BCUT2D eigenvalue weighted by molar-refractivity contribution is 7.91. The smallest absolute Gasteiger partial charge is 0.256 e. The van der Waals surface area contributed by atoms with Gasteiger partial charge in [-0.3, -0.25) is 4.79 Å². The Morgan fingerprint density at radius 2 is 1.95 bits per heavy atom. The van der Waals surface area contributed by atoms with Crippen LogP contribution in [-0.4, -0.2) is 25.2 Å². The largest absolute Gasteiger partial charge is 0.506 e. The predicted octanol–water partition coefficient (Wildman–Crippen LogP) is 3.12. The van der Waals surface area contributed by atoms with E-state index in [-0.39, 0.29) is 28.0 Å². The first-order valence-electron chi connectivity index (χ1n) is 6.68. The molecule has 0 aliphatic carbocycles. The van der Waals surface area contributed by atoms with E-state index in [0.717, 1.165) is 9.75 Å². The normalized spacial score (nSPS) is 11.4. The lowest BCUT2D eigenvalue weighted by molar-refractivity contribution is 0.102. The summed E-state index contributed by atoms with van der Waals surface area (Å²) in [5, 5.41) is 12.4. The van der Waals surface area contributed by atoms with Gasteiger partial charge in [0.15, 0.2) is 9.84 Å². The minimum atomic E-state index is -3.40. The van der Waals surface area contributed by atoms with Crippen LogP contribution in [0.5, 0.6) is 5.75 Å². The second-order valence-electron chi connectivity index (χ2n) is 4.86. The number of hydrogen-bond donors (Lipinski definition) is 2. The summed E-state index contributed by atoms with van der Waals surface area (Å²) in [6, 6.07) is 5.63. The number of phenols is 1. The van der Waals surface area contributed by atoms with E-state index in [4.69, 9.17) is 0 Å². The average Bonchev–Trinajstić information content (AvgIpc) is 2.80. The zero-order valence-corrected chi connectivity index (χ0v) is 14.1. The Hall–Kier alpha value is -1.86. The van der Waals surface area contributed by atoms with Crippen LogP contribution in [0.2, 0.25) is 0 Å². The molecular weight excluding hydrogens is 322 g/mol. The molecule has 1 aromatic carbocycles. The molecule has 7 heteroatoms. The van der Waals surface area contributed by atoms with Crippen LogP contribution in [0.4, 0.5) is 5.69 Å². The number of benzene rings is 1. The predicted molar refractivity (Wildman–Crippen MR) is 87.6 cm³/mol. The first-order valence-corrected chi connectivity index (χ1v) is 9.15. The SMILES string of the molecule is CCS(=O)(=O)c1ccc(O)c(NC(=O)c2cc(C)sc2C)c1. The molecule has 0 unspecified atom stereocenters. The number of hydrogen-bond acceptors (Lipinski definition) is 5. The standard InChI is InChI=1S/C15H17NO4S2/c1-4-22(19,20)11-5-6-14(17)13(8-11)16-15(18)12-7-9(2)21-10(12)3/h5-8,17H,4H2,1-3H3,(H,16,18). The Balaban J connectivity index is 2.35. The third kappa shape index (κ3) is 3.31. The lowest BCUT2D eigenvalue weighted by atomic mass is 10.2. The third-order valence-corrected chi connectivity index (χ3v) is 5.94. The lowest BCUT2D eigenvalue weighted by Crippen LogP contribution is -2.13. The molecule has 22 heavy (non-hydrogen) atoms. The number of thiophene rings is 1. The van der Waals surface area contributed by atoms with Gasteiger partial charge < -0.3 is 10.4 Å². The fourth-order valence-corrected chi connectivity index (χ4v) is 3.85. The Kier molecular flexibility index (Phi) is 4.58. The quantitative estimate of drug-likeness (QED) is 0.838. The van der Waals surface area contributed by atoms with Crippen LogP contribution < -0.4 is 5.32 Å². The molecule has 0 saturated heterocycles. The van der Waals surface area contributed by atoms with Crippen molar-refractivity contribution >= 4 is 32.8 Å². The van der Waals surface area contributed by atoms with E-state index in [1.807, 2.05) is 13.8 Å². The molecular formula is C15H17NO4S2. The molecule has 0 aliphatic heterocycles. The molecule has 2 rings (SSSR count). The summed E-state index contributed by atoms with van der Waals surface area (Å²) in [4.78, 5) is 14.2. The van der Waals surface area contributed by atoms with Crippen LogP contribution in [0.1, 0.15) is 27.0 Å². The fourth-order valence-electron chi connectivity index (χ4n) is 2.02. The second kappa shape index (κ2) is 6.10. The number of sulfone groups is 1. The van der Waals surface area contributed by atoms with Crippen molar-refractivity contribution in [3.05, 3.63) is 39.6 Å². The monoisotopic (exact) mass is 339 g/mol. The van der Waals surface area contributed by atoms with Crippen LogP contribution in [0.3, 0.4) is 0 Å². The van der Waals surface area contributed by atoms with E-state index >= 15 is 0 Å². The van der Waals surface area contributed by atoms with Crippen molar-refractivity contribution in [2.24, 2.45) is 0 Å². The topological polar surface area (TPSA) is 83.5 Å². The lowest BCUT2D eigenvalue weighted by Gasteiger charge is -2.09. The van der Waals surface area contributed by atoms with Crippen LogP contribution in [0.25, 0.3) is 0 Å². The second-order valence-corrected chi connectivity index (χ2v) is 8.60. The summed E-state index contributed by atoms with van der Waals surface area (Å²) < 4.78 is 23.8. The first-order chi connectivity index (χ1) is 10.2. The molecule has 118 valence electrons. The number of nitrogens with one attached hydrogen (secondary N) is 1. The average molecular weight is 339 g/mol. The highest BCUT2D eigenvalue weighted by Gasteiger charge is 2.17. The van der Waals surface area contributed by atoms with Crippen LogP contribution in [0, 0.1) is 13.8 Å². The van der Waals surface area contributed by atoms with Crippen LogP contribution in [0.15, 0.2) is 29.2 Å². The number of anilines is 1. The Morgan fingerprint density at radius 1 is 1.27 bits per heavy atom. The van der Waals surface area contributed by atoms with Gasteiger partial charge in [0, 0.05) is 9.75 Å². The Labute approximate surface area is 133 Å². The summed E-state index contributed by atoms with van der Waals surface area (Å²) in [6.07, 6.45) is 0. The van der Waals surface area contributed by atoms with Crippen LogP contribution in [-0.2, 0) is 9.84 Å². The fraction of sp³-hybridized carbons (Fsp3) is 0.267. The number of phenolic OH excluding ortho intramolecular Hbond substituents is 1. The maximum Gasteiger partial charge on any atom is 0.256 e. The molecule has 2 aromatic rings. The number of carbonyl (C=O) groups is 1. The molecule has 1 aromatic heterocycles. The van der Waals surface area contributed by atoms with Gasteiger partial charge in [0.1, 0.15) is 5.75 Å². The Morgan fingerprint density at radius 3 is 2.50 bits per heavy atom. The van der Waals surface area contributed by atoms with Crippen molar-refractivity contribution in [1.82, 2.24) is 0 Å². The molecule has 0 radical (unpaired) electrons. The molecule has 1 amide bonds. The van der Waals surface area contributed by atoms with Crippen molar-refractivity contribution in [2.45, 2.75) is 25.7 Å². The summed E-state index contributed by atoms with van der Waals surface area (Å²) in [6.45, 7) is 5.28. The van der Waals surface area contributed by atoms with Crippen molar-refractivity contribution in [1.29, 1.82) is 0 Å². The minimum Gasteiger partial charge on any atom is -0.506 e. The summed E-state index contributed by atoms with van der Waals surface area (Å²) in [7, 11) is -3.40. The molecule has 2 N–H and O–H groups in total. The number of aryl methyl sites for hydroxylation is 2. The molecule has 0 spiro atoms. The van der Waals surface area contributed by atoms with E-state index in [1.165, 1.54) is 36.5 Å². The van der Waals surface area contributed by atoms with E-state index < -0.39 is 9.84 Å². The summed E-state index contributed by atoms with van der Waals surface area (Å²) >= 11 is 1.50. The van der Waals surface area contributed by atoms with Gasteiger partial charge >= 0.3 is 0 Å². The molecule has 1 heterocycles. The van der Waals surface area contributed by atoms with Crippen molar-refractivity contribution in [3.63, 3.8) is 0 Å². The van der Waals surface area contributed by atoms with Crippen molar-refractivity contribution < 1.29 is 18.3 Å². The van der Waals surface area contributed by atoms with Gasteiger partial charge in [0.05, 0.1) is 21.9 Å². The maximum absolute atomic E-state index is 12.3. The van der Waals surface area contributed by atoms with Gasteiger partial charge in [-0.05, 0) is 38.1 Å². The van der Waals surface area contributed by atoms with Gasteiger partial charge in [-0.15, -0.1) is 11.3 Å². The molecule has 0 bridgehead atoms. The molecule has 0 fully saturated rings. The number of amides is 1. The minimum absolute atomic E-state index is 0.0476. The first kappa shape index (κ1) is 16.5. The van der Waals surface area contributed by atoms with E-state index in [9.17, 15) is 18.3 Å². The zero-order chi connectivity index (χ0) is 16.5. The maximum atomic E-state index is 12.3. The molecule has 0 aliphatic rings. The van der Waals surface area contributed by atoms with E-state index in [2.05, 4.69) is 5.32 Å².